The first-order valence-electron chi connectivity index (χ1n) is 8.85. The van der Waals surface area contributed by atoms with Gasteiger partial charge < -0.3 is 9.64 Å². The zero-order chi connectivity index (χ0) is 21.3. The molecule has 1 aliphatic rings. The molecule has 29 heavy (non-hydrogen) atoms. The van der Waals surface area contributed by atoms with Crippen LogP contribution in [0.15, 0.2) is 47.8 Å². The fourth-order valence-corrected chi connectivity index (χ4v) is 3.36. The van der Waals surface area contributed by atoms with Gasteiger partial charge >= 0.3 is 0 Å². The average Bonchev–Trinajstić information content (AvgIpc) is 2.69. The predicted molar refractivity (Wildman–Crippen MR) is 106 cm³/mol. The van der Waals surface area contributed by atoms with Crippen LogP contribution in [0.4, 0.5) is 11.4 Å². The summed E-state index contributed by atoms with van der Waals surface area (Å²) in [6, 6.07) is 5.86. The Labute approximate surface area is 166 Å². The second-order valence-corrected chi connectivity index (χ2v) is 6.57. The summed E-state index contributed by atoms with van der Waals surface area (Å²) in [5, 5.41) is 11.2. The van der Waals surface area contributed by atoms with Crippen molar-refractivity contribution >= 4 is 23.1 Å². The van der Waals surface area contributed by atoms with Crippen molar-refractivity contribution in [3.8, 4) is 5.75 Å². The third-order valence-corrected chi connectivity index (χ3v) is 4.81. The Morgan fingerprint density at radius 2 is 2.07 bits per heavy atom. The van der Waals surface area contributed by atoms with Crippen molar-refractivity contribution in [2.45, 2.75) is 19.9 Å². The van der Waals surface area contributed by atoms with Crippen molar-refractivity contribution in [3.63, 3.8) is 0 Å². The summed E-state index contributed by atoms with van der Waals surface area (Å²) in [6.07, 6.45) is 1.57. The van der Waals surface area contributed by atoms with Crippen LogP contribution in [0.1, 0.15) is 29.0 Å². The van der Waals surface area contributed by atoms with Crippen LogP contribution in [-0.4, -0.2) is 34.3 Å². The summed E-state index contributed by atoms with van der Waals surface area (Å²) in [7, 11) is 0. The molecule has 1 atom stereocenters. The number of hydrogen-bond acceptors (Lipinski definition) is 6. The Balaban J connectivity index is 2.03. The van der Waals surface area contributed by atoms with Gasteiger partial charge in [-0.25, -0.2) is 0 Å². The van der Waals surface area contributed by atoms with Gasteiger partial charge in [0, 0.05) is 24.2 Å². The number of ether oxygens (including phenoxy) is 1. The molecule has 9 nitrogen and oxygen atoms in total. The molecule has 1 unspecified atom stereocenters. The number of rotatable bonds is 6. The van der Waals surface area contributed by atoms with Gasteiger partial charge in [0.1, 0.15) is 5.75 Å². The van der Waals surface area contributed by atoms with Gasteiger partial charge in [0.2, 0.25) is 0 Å². The number of nitro groups is 1. The lowest BCUT2D eigenvalue weighted by molar-refractivity contribution is -0.386. The van der Waals surface area contributed by atoms with Crippen molar-refractivity contribution in [2.75, 3.05) is 18.1 Å². The Morgan fingerprint density at radius 3 is 2.72 bits per heavy atom. The number of amides is 1. The molecular weight excluding hydrogens is 378 g/mol. The van der Waals surface area contributed by atoms with E-state index in [9.17, 15) is 24.5 Å². The van der Waals surface area contributed by atoms with Gasteiger partial charge in [-0.3, -0.25) is 29.1 Å². The summed E-state index contributed by atoms with van der Waals surface area (Å²) < 4.78 is 6.51. The van der Waals surface area contributed by atoms with Gasteiger partial charge in [-0.1, -0.05) is 6.08 Å². The number of nitrogens with zero attached hydrogens (tertiary/aromatic N) is 3. The van der Waals surface area contributed by atoms with E-state index >= 15 is 0 Å². The van der Waals surface area contributed by atoms with E-state index in [0.717, 1.165) is 16.7 Å². The van der Waals surface area contributed by atoms with E-state index in [2.05, 4.69) is 6.58 Å². The van der Waals surface area contributed by atoms with E-state index in [1.54, 1.807) is 12.1 Å². The average molecular weight is 397 g/mol. The van der Waals surface area contributed by atoms with Gasteiger partial charge in [-0.15, -0.1) is 6.58 Å². The Bertz CT molecular complexity index is 1090. The normalized spacial score (nSPS) is 14.0. The van der Waals surface area contributed by atoms with E-state index in [1.807, 2.05) is 0 Å². The van der Waals surface area contributed by atoms with Crippen LogP contribution in [0.5, 0.6) is 5.75 Å². The highest BCUT2D eigenvalue weighted by molar-refractivity contribution is 6.03. The van der Waals surface area contributed by atoms with Crippen molar-refractivity contribution in [1.82, 2.24) is 4.57 Å². The summed E-state index contributed by atoms with van der Waals surface area (Å²) in [5.74, 6) is -0.227. The van der Waals surface area contributed by atoms with Gasteiger partial charge in [0.25, 0.3) is 17.2 Å². The SMILES string of the molecule is C=CCN1C(=O)COc2ccc(C(=O)C(C)n3c(C)c([N+](=O)[O-])ccc3=O)cc21. The van der Waals surface area contributed by atoms with E-state index in [4.69, 9.17) is 4.74 Å². The summed E-state index contributed by atoms with van der Waals surface area (Å²) in [4.78, 5) is 49.5. The highest BCUT2D eigenvalue weighted by Crippen LogP contribution is 2.34. The molecule has 0 radical (unpaired) electrons. The molecule has 150 valence electrons. The first-order chi connectivity index (χ1) is 13.8. The molecule has 1 aromatic heterocycles. The fraction of sp³-hybridized carbons (Fsp3) is 0.250. The molecule has 0 spiro atoms. The Morgan fingerprint density at radius 1 is 1.34 bits per heavy atom. The smallest absolute Gasteiger partial charge is 0.288 e. The lowest BCUT2D eigenvalue weighted by Gasteiger charge is -2.29. The first-order valence-corrected chi connectivity index (χ1v) is 8.85. The van der Waals surface area contributed by atoms with Crippen LogP contribution < -0.4 is 15.2 Å². The van der Waals surface area contributed by atoms with Crippen LogP contribution >= 0.6 is 0 Å². The molecule has 2 heterocycles. The van der Waals surface area contributed by atoms with Gasteiger partial charge in [0.05, 0.1) is 22.3 Å². The van der Waals surface area contributed by atoms with E-state index in [0.29, 0.717) is 11.4 Å². The number of aromatic nitrogens is 1. The quantitative estimate of drug-likeness (QED) is 0.320. The zero-order valence-electron chi connectivity index (χ0n) is 16.0. The van der Waals surface area contributed by atoms with Crippen molar-refractivity contribution in [2.24, 2.45) is 0 Å². The molecule has 2 aromatic rings. The van der Waals surface area contributed by atoms with Gasteiger partial charge in [-0.05, 0) is 32.0 Å². The number of hydrogen-bond donors (Lipinski definition) is 0. The maximum atomic E-state index is 13.1. The minimum atomic E-state index is -0.978. The largest absolute Gasteiger partial charge is 0.482 e. The third kappa shape index (κ3) is 3.54. The standard InChI is InChI=1S/C20H19N3O6/c1-4-9-21-16-10-14(5-7-17(16)29-11-19(21)25)20(26)13(3)22-12(2)15(23(27)28)6-8-18(22)24/h4-8,10,13H,1,9,11H2,2-3H3. The molecule has 0 bridgehead atoms. The maximum Gasteiger partial charge on any atom is 0.288 e. The van der Waals surface area contributed by atoms with Crippen molar-refractivity contribution in [3.05, 3.63) is 74.7 Å². The Hall–Kier alpha value is -3.75. The molecule has 0 saturated heterocycles. The number of carbonyl (C=O) groups excluding carboxylic acids is 2. The summed E-state index contributed by atoms with van der Waals surface area (Å²) >= 11 is 0. The van der Waals surface area contributed by atoms with Gasteiger partial charge in [-0.2, -0.15) is 0 Å². The molecule has 0 aliphatic carbocycles. The minimum absolute atomic E-state index is 0.0908. The molecule has 3 rings (SSSR count). The highest BCUT2D eigenvalue weighted by atomic mass is 16.6. The number of fused-ring (bicyclic) bond motifs is 1. The van der Waals surface area contributed by atoms with Crippen molar-refractivity contribution in [1.29, 1.82) is 0 Å². The van der Waals surface area contributed by atoms with Crippen LogP contribution in [-0.2, 0) is 4.79 Å². The maximum absolute atomic E-state index is 13.1. The number of pyridine rings is 1. The summed E-state index contributed by atoms with van der Waals surface area (Å²) in [5.41, 5.74) is 0.0152. The number of carbonyl (C=O) groups is 2. The highest BCUT2D eigenvalue weighted by Gasteiger charge is 2.28. The second kappa shape index (κ2) is 7.70. The van der Waals surface area contributed by atoms with Gasteiger partial charge in [0.15, 0.2) is 12.4 Å². The number of benzene rings is 1. The lowest BCUT2D eigenvalue weighted by Crippen LogP contribution is -2.39. The minimum Gasteiger partial charge on any atom is -0.482 e. The van der Waals surface area contributed by atoms with E-state index in [-0.39, 0.29) is 36.0 Å². The van der Waals surface area contributed by atoms with Crippen LogP contribution in [0.3, 0.4) is 0 Å². The molecule has 1 amide bonds. The first kappa shape index (κ1) is 20.0. The molecule has 1 aromatic carbocycles. The number of Topliss-reactive ketones (excluding diaryl/α,β-unsaturated/α-hetero) is 1. The number of anilines is 1. The Kier molecular flexibility index (Phi) is 5.31. The molecule has 9 heteroatoms. The zero-order valence-corrected chi connectivity index (χ0v) is 16.0. The number of ketones is 1. The molecule has 0 fully saturated rings. The van der Waals surface area contributed by atoms with Crippen molar-refractivity contribution < 1.29 is 19.2 Å². The molecule has 1 aliphatic heterocycles. The molecular formula is C20H19N3O6. The molecule has 0 N–H and O–H groups in total. The van der Waals surface area contributed by atoms with E-state index in [1.165, 1.54) is 30.9 Å². The monoisotopic (exact) mass is 397 g/mol. The molecule has 0 saturated carbocycles. The van der Waals surface area contributed by atoms with Crippen LogP contribution in [0.25, 0.3) is 0 Å². The predicted octanol–water partition coefficient (Wildman–Crippen LogP) is 2.42. The van der Waals surface area contributed by atoms with E-state index < -0.39 is 22.3 Å². The van der Waals surface area contributed by atoms with Crippen LogP contribution in [0.2, 0.25) is 0 Å². The lowest BCUT2D eigenvalue weighted by atomic mass is 10.0. The third-order valence-electron chi connectivity index (χ3n) is 4.81. The van der Waals surface area contributed by atoms with Crippen LogP contribution in [0, 0.1) is 17.0 Å². The second-order valence-electron chi connectivity index (χ2n) is 6.57. The topological polar surface area (TPSA) is 112 Å². The fourth-order valence-electron chi connectivity index (χ4n) is 3.36. The summed E-state index contributed by atoms with van der Waals surface area (Å²) in [6.45, 7) is 6.71.